The Hall–Kier alpha value is -2.96. The molecule has 124 valence electrons. The first-order chi connectivity index (χ1) is 11.4. The second kappa shape index (κ2) is 6.27. The Balaban J connectivity index is 1.78. The molecule has 0 aromatic heterocycles. The normalized spacial score (nSPS) is 13.3. The summed E-state index contributed by atoms with van der Waals surface area (Å²) >= 11 is 0. The average Bonchev–Trinajstić information content (AvgIpc) is 2.51. The van der Waals surface area contributed by atoms with E-state index in [1.54, 1.807) is 18.2 Å². The number of benzene rings is 2. The number of nitrogens with zero attached hydrogens (tertiary/aromatic N) is 1. The van der Waals surface area contributed by atoms with Crippen molar-refractivity contribution >= 4 is 23.3 Å². The van der Waals surface area contributed by atoms with Crippen molar-refractivity contribution in [2.75, 3.05) is 23.3 Å². The van der Waals surface area contributed by atoms with Crippen LogP contribution in [0.25, 0.3) is 0 Å². The number of carbonyl (C=O) groups is 2. The lowest BCUT2D eigenvalue weighted by atomic mass is 10.1. The minimum absolute atomic E-state index is 0.102. The molecule has 1 aliphatic rings. The highest BCUT2D eigenvalue weighted by Gasteiger charge is 2.26. The number of fused-ring (bicyclic) bond motifs is 1. The molecule has 1 aliphatic heterocycles. The summed E-state index contributed by atoms with van der Waals surface area (Å²) in [5.74, 6) is -2.09. The van der Waals surface area contributed by atoms with E-state index in [0.717, 1.165) is 23.8 Å². The van der Waals surface area contributed by atoms with Crippen molar-refractivity contribution in [1.29, 1.82) is 0 Å². The van der Waals surface area contributed by atoms with Crippen LogP contribution in [-0.4, -0.2) is 25.0 Å². The predicted molar refractivity (Wildman–Crippen MR) is 84.0 cm³/mol. The molecule has 2 aromatic rings. The molecule has 1 heterocycles. The molecule has 5 nitrogen and oxygen atoms in total. The van der Waals surface area contributed by atoms with Gasteiger partial charge in [-0.25, -0.2) is 13.6 Å². The van der Waals surface area contributed by atoms with Crippen molar-refractivity contribution < 1.29 is 23.1 Å². The van der Waals surface area contributed by atoms with Crippen molar-refractivity contribution in [3.05, 3.63) is 53.6 Å². The zero-order chi connectivity index (χ0) is 17.3. The standard InChI is InChI=1S/C17H14F2N2O3/c1-10-2-5-15-14(6-10)21(9-17(23)24-15)8-16(22)20-13-7-11(18)3-4-12(13)19/h2-7H,8-9H2,1H3,(H,20,22). The van der Waals surface area contributed by atoms with Gasteiger partial charge in [-0.3, -0.25) is 4.79 Å². The molecule has 7 heteroatoms. The smallest absolute Gasteiger partial charge is 0.331 e. The molecular formula is C17H14F2N2O3. The molecule has 1 amide bonds. The zero-order valence-electron chi connectivity index (χ0n) is 12.8. The molecular weight excluding hydrogens is 318 g/mol. The van der Waals surface area contributed by atoms with Crippen molar-refractivity contribution in [3.63, 3.8) is 0 Å². The van der Waals surface area contributed by atoms with E-state index >= 15 is 0 Å². The van der Waals surface area contributed by atoms with Gasteiger partial charge in [-0.1, -0.05) is 6.07 Å². The fraction of sp³-hybridized carbons (Fsp3) is 0.176. The molecule has 1 N–H and O–H groups in total. The van der Waals surface area contributed by atoms with E-state index in [1.165, 1.54) is 4.90 Å². The summed E-state index contributed by atoms with van der Waals surface area (Å²) in [4.78, 5) is 25.3. The molecule has 0 radical (unpaired) electrons. The number of halogens is 2. The van der Waals surface area contributed by atoms with Crippen LogP contribution in [0.3, 0.4) is 0 Å². The van der Waals surface area contributed by atoms with Crippen LogP contribution in [0, 0.1) is 18.6 Å². The third kappa shape index (κ3) is 3.34. The zero-order valence-corrected chi connectivity index (χ0v) is 12.8. The number of aryl methyl sites for hydroxylation is 1. The Morgan fingerprint density at radius 1 is 1.25 bits per heavy atom. The summed E-state index contributed by atoms with van der Waals surface area (Å²) < 4.78 is 31.9. The van der Waals surface area contributed by atoms with Crippen molar-refractivity contribution in [1.82, 2.24) is 0 Å². The van der Waals surface area contributed by atoms with E-state index < -0.39 is 23.5 Å². The molecule has 0 atom stereocenters. The number of hydrogen-bond donors (Lipinski definition) is 1. The maximum atomic E-state index is 13.6. The average molecular weight is 332 g/mol. The maximum absolute atomic E-state index is 13.6. The van der Waals surface area contributed by atoms with Gasteiger partial charge in [0.2, 0.25) is 5.91 Å². The topological polar surface area (TPSA) is 58.6 Å². The minimum Gasteiger partial charge on any atom is -0.423 e. The molecule has 0 saturated carbocycles. The molecule has 0 saturated heterocycles. The Kier molecular flexibility index (Phi) is 4.16. The predicted octanol–water partition coefficient (Wildman–Crippen LogP) is 2.64. The Morgan fingerprint density at radius 2 is 2.04 bits per heavy atom. The fourth-order valence-corrected chi connectivity index (χ4v) is 2.45. The first-order valence-corrected chi connectivity index (χ1v) is 7.23. The van der Waals surface area contributed by atoms with Crippen molar-refractivity contribution in [3.8, 4) is 5.75 Å². The van der Waals surface area contributed by atoms with Gasteiger partial charge in [0, 0.05) is 6.07 Å². The Bertz CT molecular complexity index is 823. The first-order valence-electron chi connectivity index (χ1n) is 7.23. The summed E-state index contributed by atoms with van der Waals surface area (Å²) in [5.41, 5.74) is 1.29. The summed E-state index contributed by atoms with van der Waals surface area (Å²) in [5, 5.41) is 2.31. The number of amides is 1. The summed E-state index contributed by atoms with van der Waals surface area (Å²) in [6.07, 6.45) is 0. The van der Waals surface area contributed by atoms with Crippen LogP contribution in [0.1, 0.15) is 5.56 Å². The van der Waals surface area contributed by atoms with E-state index in [2.05, 4.69) is 5.32 Å². The monoisotopic (exact) mass is 332 g/mol. The van der Waals surface area contributed by atoms with Crippen LogP contribution in [-0.2, 0) is 9.59 Å². The highest BCUT2D eigenvalue weighted by molar-refractivity contribution is 5.96. The highest BCUT2D eigenvalue weighted by Crippen LogP contribution is 2.32. The molecule has 0 spiro atoms. The highest BCUT2D eigenvalue weighted by atomic mass is 19.1. The van der Waals surface area contributed by atoms with Gasteiger partial charge in [0.15, 0.2) is 5.75 Å². The molecule has 0 aliphatic carbocycles. The van der Waals surface area contributed by atoms with Gasteiger partial charge in [-0.05, 0) is 36.8 Å². The lowest BCUT2D eigenvalue weighted by Crippen LogP contribution is -2.41. The van der Waals surface area contributed by atoms with Gasteiger partial charge in [0.25, 0.3) is 0 Å². The molecule has 0 bridgehead atoms. The number of rotatable bonds is 3. The van der Waals surface area contributed by atoms with Gasteiger partial charge in [0.1, 0.15) is 18.2 Å². The quantitative estimate of drug-likeness (QED) is 0.693. The molecule has 0 unspecified atom stereocenters. The Labute approximate surface area is 136 Å². The van der Waals surface area contributed by atoms with Gasteiger partial charge >= 0.3 is 5.97 Å². The molecule has 0 fully saturated rings. The number of carbonyl (C=O) groups excluding carboxylic acids is 2. The van der Waals surface area contributed by atoms with Crippen LogP contribution in [0.15, 0.2) is 36.4 Å². The fourth-order valence-electron chi connectivity index (χ4n) is 2.45. The van der Waals surface area contributed by atoms with Gasteiger partial charge in [-0.2, -0.15) is 0 Å². The maximum Gasteiger partial charge on any atom is 0.331 e. The van der Waals surface area contributed by atoms with Crippen LogP contribution < -0.4 is 15.0 Å². The first kappa shape index (κ1) is 15.9. The van der Waals surface area contributed by atoms with E-state index in [4.69, 9.17) is 4.74 Å². The number of hydrogen-bond acceptors (Lipinski definition) is 4. The van der Waals surface area contributed by atoms with E-state index in [-0.39, 0.29) is 18.8 Å². The number of nitrogens with one attached hydrogen (secondary N) is 1. The van der Waals surface area contributed by atoms with E-state index in [9.17, 15) is 18.4 Å². The van der Waals surface area contributed by atoms with Gasteiger partial charge < -0.3 is 15.0 Å². The van der Waals surface area contributed by atoms with Gasteiger partial charge in [-0.15, -0.1) is 0 Å². The van der Waals surface area contributed by atoms with Crippen LogP contribution in [0.4, 0.5) is 20.2 Å². The van der Waals surface area contributed by atoms with E-state index in [1.807, 2.05) is 6.92 Å². The number of esters is 1. The largest absolute Gasteiger partial charge is 0.423 e. The van der Waals surface area contributed by atoms with Crippen molar-refractivity contribution in [2.45, 2.75) is 6.92 Å². The van der Waals surface area contributed by atoms with Crippen LogP contribution in [0.5, 0.6) is 5.75 Å². The van der Waals surface area contributed by atoms with Crippen molar-refractivity contribution in [2.24, 2.45) is 0 Å². The lowest BCUT2D eigenvalue weighted by Gasteiger charge is -2.29. The number of ether oxygens (including phenoxy) is 1. The molecule has 24 heavy (non-hydrogen) atoms. The van der Waals surface area contributed by atoms with E-state index in [0.29, 0.717) is 11.4 Å². The second-order valence-corrected chi connectivity index (χ2v) is 5.47. The third-order valence-corrected chi connectivity index (χ3v) is 3.54. The minimum atomic E-state index is -0.737. The second-order valence-electron chi connectivity index (χ2n) is 5.47. The molecule has 2 aromatic carbocycles. The SMILES string of the molecule is Cc1ccc2c(c1)N(CC(=O)Nc1cc(F)ccc1F)CC(=O)O2. The summed E-state index contributed by atoms with van der Waals surface area (Å²) in [6.45, 7) is 1.58. The summed E-state index contributed by atoms with van der Waals surface area (Å²) in [7, 11) is 0. The lowest BCUT2D eigenvalue weighted by molar-refractivity contribution is -0.133. The Morgan fingerprint density at radius 3 is 2.83 bits per heavy atom. The van der Waals surface area contributed by atoms with Crippen LogP contribution >= 0.6 is 0 Å². The third-order valence-electron chi connectivity index (χ3n) is 3.54. The van der Waals surface area contributed by atoms with Gasteiger partial charge in [0.05, 0.1) is 17.9 Å². The molecule has 3 rings (SSSR count). The summed E-state index contributed by atoms with van der Waals surface area (Å²) in [6, 6.07) is 8.02. The number of anilines is 2. The van der Waals surface area contributed by atoms with Crippen LogP contribution in [0.2, 0.25) is 0 Å².